The Morgan fingerprint density at radius 2 is 1.61 bits per heavy atom. The van der Waals surface area contributed by atoms with Crippen molar-refractivity contribution in [2.75, 3.05) is 6.61 Å². The van der Waals surface area contributed by atoms with Crippen molar-refractivity contribution in [1.29, 1.82) is 0 Å². The molecule has 1 saturated heterocycles. The molecule has 1 aromatic carbocycles. The molecule has 3 aromatic rings. The second kappa shape index (κ2) is 12.2. The van der Waals surface area contributed by atoms with Gasteiger partial charge in [0, 0.05) is 49.0 Å². The lowest BCUT2D eigenvalue weighted by molar-refractivity contribution is -0.268. The van der Waals surface area contributed by atoms with Crippen LogP contribution in [0.5, 0.6) is 5.88 Å². The summed E-state index contributed by atoms with van der Waals surface area (Å²) < 4.78 is 29.9. The summed E-state index contributed by atoms with van der Waals surface area (Å²) in [7, 11) is 0. The predicted molar refractivity (Wildman–Crippen MR) is 151 cm³/mol. The third kappa shape index (κ3) is 5.79. The van der Waals surface area contributed by atoms with Crippen molar-refractivity contribution in [3.8, 4) is 5.88 Å². The van der Waals surface area contributed by atoms with E-state index in [1.165, 1.54) is 10.8 Å². The monoisotopic (exact) mass is 671 g/mol. The highest BCUT2D eigenvalue weighted by Crippen LogP contribution is 2.44. The van der Waals surface area contributed by atoms with Crippen LogP contribution in [0.25, 0.3) is 16.5 Å². The van der Waals surface area contributed by atoms with E-state index in [0.717, 1.165) is 27.7 Å². The zero-order valence-corrected chi connectivity index (χ0v) is 25.4. The predicted octanol–water partition coefficient (Wildman–Crippen LogP) is 1.12. The molecular formula is C29H26BrN3O11. The largest absolute Gasteiger partial charge is 0.494 e. The maximum atomic E-state index is 13.2. The van der Waals surface area contributed by atoms with E-state index in [-0.39, 0.29) is 16.6 Å². The van der Waals surface area contributed by atoms with Gasteiger partial charge in [0.15, 0.2) is 30.0 Å². The first kappa shape index (κ1) is 30.8. The van der Waals surface area contributed by atoms with Crippen molar-refractivity contribution in [3.05, 3.63) is 57.3 Å². The van der Waals surface area contributed by atoms with Crippen molar-refractivity contribution in [2.45, 2.75) is 58.3 Å². The fourth-order valence-corrected chi connectivity index (χ4v) is 5.74. The molecule has 2 aromatic heterocycles. The third-order valence-corrected chi connectivity index (χ3v) is 7.38. The summed E-state index contributed by atoms with van der Waals surface area (Å²) in [5, 5.41) is 12.7. The summed E-state index contributed by atoms with van der Waals surface area (Å²) >= 11 is 3.43. The van der Waals surface area contributed by atoms with Crippen molar-refractivity contribution in [3.63, 3.8) is 0 Å². The van der Waals surface area contributed by atoms with Crippen LogP contribution in [0.15, 0.2) is 46.0 Å². The second-order valence-electron chi connectivity index (χ2n) is 9.99. The normalized spacial score (nSPS) is 22.6. The quantitative estimate of drug-likeness (QED) is 0.280. The SMILES string of the molecule is CC(=O)OCC1OC(n2c(O)c(C3=c4cccnc4=NC3=O)c3cc(Br)ccc32)C(OC(C)=O)C(OC(C)=O)C1OC(C)=O. The highest BCUT2D eigenvalue weighted by Gasteiger charge is 2.54. The number of ether oxygens (including phenoxy) is 5. The van der Waals surface area contributed by atoms with E-state index in [0.29, 0.717) is 20.6 Å². The number of amides is 1. The first-order valence-corrected chi connectivity index (χ1v) is 14.1. The molecule has 0 aliphatic carbocycles. The van der Waals surface area contributed by atoms with Crippen LogP contribution in [0.2, 0.25) is 0 Å². The molecule has 0 saturated carbocycles. The number of aromatic hydroxyl groups is 1. The Morgan fingerprint density at radius 1 is 0.955 bits per heavy atom. The van der Waals surface area contributed by atoms with Crippen molar-refractivity contribution in [1.82, 2.24) is 9.55 Å². The molecule has 1 amide bonds. The molecule has 5 rings (SSSR count). The van der Waals surface area contributed by atoms with Gasteiger partial charge in [-0.1, -0.05) is 15.9 Å². The Morgan fingerprint density at radius 3 is 2.27 bits per heavy atom. The second-order valence-corrected chi connectivity index (χ2v) is 10.9. The van der Waals surface area contributed by atoms with Crippen LogP contribution in [-0.2, 0) is 47.7 Å². The Kier molecular flexibility index (Phi) is 8.52. The Balaban J connectivity index is 1.78. The topological polar surface area (TPSA) is 182 Å². The average Bonchev–Trinajstić information content (AvgIpc) is 3.40. The summed E-state index contributed by atoms with van der Waals surface area (Å²) in [5.74, 6) is -4.19. The van der Waals surface area contributed by atoms with Crippen LogP contribution in [0.3, 0.4) is 0 Å². The van der Waals surface area contributed by atoms with Crippen LogP contribution in [0.1, 0.15) is 39.5 Å². The zero-order valence-electron chi connectivity index (χ0n) is 23.8. The van der Waals surface area contributed by atoms with E-state index in [1.54, 1.807) is 30.3 Å². The van der Waals surface area contributed by atoms with Gasteiger partial charge in [-0.05, 0) is 30.3 Å². The van der Waals surface area contributed by atoms with Crippen LogP contribution in [0.4, 0.5) is 0 Å². The molecule has 230 valence electrons. The molecule has 14 nitrogen and oxygen atoms in total. The van der Waals surface area contributed by atoms with E-state index < -0.39 is 72.9 Å². The Labute approximate surface area is 257 Å². The van der Waals surface area contributed by atoms with E-state index in [1.807, 2.05) is 0 Å². The third-order valence-electron chi connectivity index (χ3n) is 6.89. The number of hydrogen-bond acceptors (Lipinski definition) is 12. The number of aromatic nitrogens is 2. The number of carbonyl (C=O) groups is 5. The number of hydrogen-bond donors (Lipinski definition) is 1. The van der Waals surface area contributed by atoms with Crippen molar-refractivity contribution < 1.29 is 52.8 Å². The summed E-state index contributed by atoms with van der Waals surface area (Å²) in [4.78, 5) is 69.9. The van der Waals surface area contributed by atoms with Gasteiger partial charge in [0.1, 0.15) is 12.7 Å². The standard InChI is InChI=1S/C29H26BrN3O11/c1-12(34)40-11-20-23(41-13(2)35)24(42-14(3)36)25(43-15(4)37)29(44-20)33-19-8-7-16(30)10-18(19)22(28(33)39)21-17-6-5-9-31-26(17)32-27(21)38/h5-10,20,23-25,29,39H,11H2,1-4H3. The number of carbonyl (C=O) groups excluding carboxylic acids is 5. The minimum atomic E-state index is -1.50. The van der Waals surface area contributed by atoms with Crippen LogP contribution >= 0.6 is 15.9 Å². The fraction of sp³-hybridized carbons (Fsp3) is 0.345. The van der Waals surface area contributed by atoms with Gasteiger partial charge in [0.25, 0.3) is 5.91 Å². The number of pyridine rings is 1. The lowest BCUT2D eigenvalue weighted by Crippen LogP contribution is -2.60. The minimum Gasteiger partial charge on any atom is -0.494 e. The smallest absolute Gasteiger partial charge is 0.303 e. The molecule has 1 N–H and O–H groups in total. The molecule has 5 atom stereocenters. The minimum absolute atomic E-state index is 0.0677. The number of benzene rings is 1. The highest BCUT2D eigenvalue weighted by molar-refractivity contribution is 9.10. The fourth-order valence-electron chi connectivity index (χ4n) is 5.38. The molecule has 0 bridgehead atoms. The van der Waals surface area contributed by atoms with Crippen LogP contribution in [0, 0.1) is 0 Å². The number of rotatable bonds is 7. The summed E-state index contributed by atoms with van der Waals surface area (Å²) in [6.45, 7) is 4.04. The van der Waals surface area contributed by atoms with Gasteiger partial charge in [0.2, 0.25) is 5.88 Å². The molecule has 2 aliphatic rings. The van der Waals surface area contributed by atoms with Gasteiger partial charge >= 0.3 is 23.9 Å². The summed E-state index contributed by atoms with van der Waals surface area (Å²) in [5.41, 5.74) is 0.655. The first-order chi connectivity index (χ1) is 20.9. The number of fused-ring (bicyclic) bond motifs is 2. The van der Waals surface area contributed by atoms with Gasteiger partial charge in [-0.2, -0.15) is 4.99 Å². The molecule has 5 unspecified atom stereocenters. The Hall–Kier alpha value is -4.63. The zero-order chi connectivity index (χ0) is 31.9. The maximum Gasteiger partial charge on any atom is 0.303 e. The van der Waals surface area contributed by atoms with Crippen LogP contribution < -0.4 is 10.7 Å². The Bertz CT molecular complexity index is 1840. The summed E-state index contributed by atoms with van der Waals surface area (Å²) in [6, 6.07) is 8.23. The lowest BCUT2D eigenvalue weighted by Gasteiger charge is -2.45. The summed E-state index contributed by atoms with van der Waals surface area (Å²) in [6.07, 6.45) is -5.62. The maximum absolute atomic E-state index is 13.2. The average molecular weight is 672 g/mol. The number of esters is 4. The van der Waals surface area contributed by atoms with Gasteiger partial charge < -0.3 is 28.8 Å². The van der Waals surface area contributed by atoms with Crippen LogP contribution in [-0.4, -0.2) is 75.5 Å². The molecule has 2 aliphatic heterocycles. The van der Waals surface area contributed by atoms with Gasteiger partial charge in [-0.15, -0.1) is 0 Å². The van der Waals surface area contributed by atoms with E-state index in [4.69, 9.17) is 23.7 Å². The van der Waals surface area contributed by atoms with E-state index >= 15 is 0 Å². The van der Waals surface area contributed by atoms with Crippen molar-refractivity contribution in [2.24, 2.45) is 4.99 Å². The van der Waals surface area contributed by atoms with Gasteiger partial charge in [-0.25, -0.2) is 4.98 Å². The van der Waals surface area contributed by atoms with Gasteiger partial charge in [-0.3, -0.25) is 28.5 Å². The van der Waals surface area contributed by atoms with Crippen molar-refractivity contribution >= 4 is 62.2 Å². The molecule has 15 heteroatoms. The molecular weight excluding hydrogens is 646 g/mol. The molecule has 0 radical (unpaired) electrons. The number of halogens is 1. The van der Waals surface area contributed by atoms with E-state index in [9.17, 15) is 29.1 Å². The molecule has 1 fully saturated rings. The highest BCUT2D eigenvalue weighted by atomic mass is 79.9. The molecule has 4 heterocycles. The first-order valence-electron chi connectivity index (χ1n) is 13.3. The molecule has 0 spiro atoms. The van der Waals surface area contributed by atoms with Gasteiger partial charge in [0.05, 0.1) is 16.7 Å². The molecule has 44 heavy (non-hydrogen) atoms. The number of nitrogens with zero attached hydrogens (tertiary/aromatic N) is 3. The van der Waals surface area contributed by atoms with E-state index in [2.05, 4.69) is 25.9 Å². The lowest BCUT2D eigenvalue weighted by atomic mass is 9.97.